The fourth-order valence-electron chi connectivity index (χ4n) is 0.357. The number of rotatable bonds is 2. The molecule has 0 rings (SSSR count). The van der Waals surface area contributed by atoms with Crippen molar-refractivity contribution in [3.05, 3.63) is 0 Å². The molecule has 1 heteroatoms. The lowest BCUT2D eigenvalue weighted by Crippen LogP contribution is -1.99. The van der Waals surface area contributed by atoms with Gasteiger partial charge in [0.2, 0.25) is 0 Å². The quantitative estimate of drug-likeness (QED) is 0.506. The number of aliphatic hydroxyl groups is 1. The molecule has 0 aliphatic rings. The van der Waals surface area contributed by atoms with Crippen LogP contribution in [0.15, 0.2) is 0 Å². The van der Waals surface area contributed by atoms with Gasteiger partial charge in [-0.1, -0.05) is 19.3 Å². The fourth-order valence-corrected chi connectivity index (χ4v) is 0.357. The van der Waals surface area contributed by atoms with Gasteiger partial charge in [0.05, 0.1) is 0 Å². The topological polar surface area (TPSA) is 20.2 Å². The molecule has 0 aromatic carbocycles. The Balaban J connectivity index is 3.04. The minimum Gasteiger partial charge on any atom is -0.380 e. The summed E-state index contributed by atoms with van der Waals surface area (Å²) in [6.45, 7) is 1.99. The van der Waals surface area contributed by atoms with Crippen LogP contribution in [0.3, 0.4) is 0 Å². The van der Waals surface area contributed by atoms with Gasteiger partial charge in [0.25, 0.3) is 0 Å². The average Bonchev–Trinajstić information content (AvgIpc) is 1.68. The Bertz CT molecular complexity index is 70.7. The molecule has 0 saturated carbocycles. The molecular formula is C6H10O. The van der Waals surface area contributed by atoms with Crippen molar-refractivity contribution < 1.29 is 5.11 Å². The normalized spacial score (nSPS) is 12.7. The van der Waals surface area contributed by atoms with Crippen LogP contribution >= 0.6 is 0 Å². The third-order valence-electron chi connectivity index (χ3n) is 0.754. The first-order valence-corrected chi connectivity index (χ1v) is 2.45. The standard InChI is InChI=1S/C6H10O/c1-3-5-6(7)4-2/h2,6-7H,3,5H2,1H3/t6-/m0/s1. The van der Waals surface area contributed by atoms with E-state index in [1.807, 2.05) is 6.92 Å². The third-order valence-corrected chi connectivity index (χ3v) is 0.754. The summed E-state index contributed by atoms with van der Waals surface area (Å²) in [7, 11) is 0. The van der Waals surface area contributed by atoms with E-state index in [0.717, 1.165) is 12.8 Å². The van der Waals surface area contributed by atoms with Gasteiger partial charge < -0.3 is 5.11 Å². The van der Waals surface area contributed by atoms with E-state index in [1.165, 1.54) is 0 Å². The molecule has 0 heterocycles. The number of hydrogen-bond acceptors (Lipinski definition) is 1. The van der Waals surface area contributed by atoms with Crippen LogP contribution in [0, 0.1) is 12.3 Å². The summed E-state index contributed by atoms with van der Waals surface area (Å²) in [4.78, 5) is 0. The van der Waals surface area contributed by atoms with Gasteiger partial charge in [0, 0.05) is 0 Å². The van der Waals surface area contributed by atoms with Gasteiger partial charge in [-0.25, -0.2) is 0 Å². The Morgan fingerprint density at radius 3 is 2.57 bits per heavy atom. The molecule has 0 aromatic heterocycles. The van der Waals surface area contributed by atoms with Gasteiger partial charge in [0.15, 0.2) is 0 Å². The van der Waals surface area contributed by atoms with E-state index in [4.69, 9.17) is 11.5 Å². The van der Waals surface area contributed by atoms with Crippen LogP contribution in [0.5, 0.6) is 0 Å². The molecule has 0 amide bonds. The van der Waals surface area contributed by atoms with Gasteiger partial charge in [0.1, 0.15) is 6.10 Å². The van der Waals surface area contributed by atoms with Crippen LogP contribution in [-0.4, -0.2) is 11.2 Å². The van der Waals surface area contributed by atoms with Crippen molar-refractivity contribution in [2.24, 2.45) is 0 Å². The zero-order chi connectivity index (χ0) is 5.70. The summed E-state index contributed by atoms with van der Waals surface area (Å²) in [5.41, 5.74) is 0. The molecule has 1 atom stereocenters. The molecule has 1 N–H and O–H groups in total. The zero-order valence-corrected chi connectivity index (χ0v) is 4.52. The summed E-state index contributed by atoms with van der Waals surface area (Å²) < 4.78 is 0. The lowest BCUT2D eigenvalue weighted by atomic mass is 10.2. The van der Waals surface area contributed by atoms with E-state index in [0.29, 0.717) is 0 Å². The van der Waals surface area contributed by atoms with Crippen LogP contribution in [0.2, 0.25) is 0 Å². The molecule has 0 fully saturated rings. The molecule has 0 aromatic rings. The van der Waals surface area contributed by atoms with E-state index < -0.39 is 6.10 Å². The maximum absolute atomic E-state index is 8.62. The lowest BCUT2D eigenvalue weighted by Gasteiger charge is -1.95. The first-order valence-electron chi connectivity index (χ1n) is 2.45. The number of aliphatic hydroxyl groups excluding tert-OH is 1. The van der Waals surface area contributed by atoms with Crippen LogP contribution < -0.4 is 0 Å². The zero-order valence-electron chi connectivity index (χ0n) is 4.52. The van der Waals surface area contributed by atoms with Crippen molar-refractivity contribution in [3.8, 4) is 12.3 Å². The largest absolute Gasteiger partial charge is 0.380 e. The molecule has 0 unspecified atom stereocenters. The molecule has 40 valence electrons. The van der Waals surface area contributed by atoms with Gasteiger partial charge in [-0.05, 0) is 6.42 Å². The first-order chi connectivity index (χ1) is 3.31. The summed E-state index contributed by atoms with van der Waals surface area (Å²) in [6.07, 6.45) is 6.00. The van der Waals surface area contributed by atoms with Gasteiger partial charge >= 0.3 is 0 Å². The highest BCUT2D eigenvalue weighted by Gasteiger charge is 1.91. The maximum Gasteiger partial charge on any atom is 0.114 e. The highest BCUT2D eigenvalue weighted by Crippen LogP contribution is 1.91. The smallest absolute Gasteiger partial charge is 0.114 e. The average molecular weight is 98.1 g/mol. The third kappa shape index (κ3) is 3.35. The van der Waals surface area contributed by atoms with E-state index >= 15 is 0 Å². The minimum absolute atomic E-state index is 0.523. The Morgan fingerprint density at radius 2 is 2.43 bits per heavy atom. The van der Waals surface area contributed by atoms with Crippen molar-refractivity contribution in [3.63, 3.8) is 0 Å². The Labute approximate surface area is 44.4 Å². The molecule has 0 spiro atoms. The molecular weight excluding hydrogens is 88.1 g/mol. The predicted molar refractivity (Wildman–Crippen MR) is 29.7 cm³/mol. The van der Waals surface area contributed by atoms with E-state index in [9.17, 15) is 0 Å². The van der Waals surface area contributed by atoms with Crippen molar-refractivity contribution in [1.82, 2.24) is 0 Å². The van der Waals surface area contributed by atoms with Gasteiger partial charge in [-0.2, -0.15) is 0 Å². The highest BCUT2D eigenvalue weighted by molar-refractivity contribution is 4.92. The van der Waals surface area contributed by atoms with Crippen LogP contribution in [0.1, 0.15) is 19.8 Å². The molecule has 0 saturated heterocycles. The Kier molecular flexibility index (Phi) is 3.45. The summed E-state index contributed by atoms with van der Waals surface area (Å²) in [5, 5.41) is 8.62. The second kappa shape index (κ2) is 3.70. The molecule has 0 aliphatic carbocycles. The van der Waals surface area contributed by atoms with Crippen LogP contribution in [-0.2, 0) is 0 Å². The Hall–Kier alpha value is -0.480. The fraction of sp³-hybridized carbons (Fsp3) is 0.667. The van der Waals surface area contributed by atoms with Crippen molar-refractivity contribution >= 4 is 0 Å². The number of hydrogen-bond donors (Lipinski definition) is 1. The van der Waals surface area contributed by atoms with Gasteiger partial charge in [-0.15, -0.1) is 6.42 Å². The lowest BCUT2D eigenvalue weighted by molar-refractivity contribution is 0.221. The minimum atomic E-state index is -0.523. The van der Waals surface area contributed by atoms with Crippen molar-refractivity contribution in [2.45, 2.75) is 25.9 Å². The summed E-state index contributed by atoms with van der Waals surface area (Å²) in [5.74, 6) is 2.22. The molecule has 0 bridgehead atoms. The van der Waals surface area contributed by atoms with Crippen molar-refractivity contribution in [2.75, 3.05) is 0 Å². The van der Waals surface area contributed by atoms with Crippen LogP contribution in [0.4, 0.5) is 0 Å². The molecule has 7 heavy (non-hydrogen) atoms. The molecule has 0 radical (unpaired) electrons. The number of terminal acetylenes is 1. The molecule has 0 aliphatic heterocycles. The van der Waals surface area contributed by atoms with E-state index in [-0.39, 0.29) is 0 Å². The first kappa shape index (κ1) is 6.52. The predicted octanol–water partition coefficient (Wildman–Crippen LogP) is 0.781. The molecule has 1 nitrogen and oxygen atoms in total. The monoisotopic (exact) mass is 98.1 g/mol. The van der Waals surface area contributed by atoms with Crippen LogP contribution in [0.25, 0.3) is 0 Å². The van der Waals surface area contributed by atoms with Gasteiger partial charge in [-0.3, -0.25) is 0 Å². The highest BCUT2D eigenvalue weighted by atomic mass is 16.3. The van der Waals surface area contributed by atoms with E-state index in [2.05, 4.69) is 5.92 Å². The summed E-state index contributed by atoms with van der Waals surface area (Å²) in [6, 6.07) is 0. The Morgan fingerprint density at radius 1 is 1.86 bits per heavy atom. The SMILES string of the molecule is C#C[C@H](O)CCC. The summed E-state index contributed by atoms with van der Waals surface area (Å²) >= 11 is 0. The van der Waals surface area contributed by atoms with E-state index in [1.54, 1.807) is 0 Å². The second-order valence-electron chi connectivity index (χ2n) is 1.47. The maximum atomic E-state index is 8.62. The van der Waals surface area contributed by atoms with Crippen molar-refractivity contribution in [1.29, 1.82) is 0 Å². The second-order valence-corrected chi connectivity index (χ2v) is 1.47.